The molecule has 2 fully saturated rings. The largest absolute Gasteiger partial charge is 0.460 e. The van der Waals surface area contributed by atoms with Crippen molar-refractivity contribution in [1.29, 1.82) is 0 Å². The van der Waals surface area contributed by atoms with Gasteiger partial charge in [-0.1, -0.05) is 0 Å². The average molecular weight is 161 g/mol. The van der Waals surface area contributed by atoms with Gasteiger partial charge >= 0.3 is 5.97 Å². The third-order valence-corrected chi connectivity index (χ3v) is 2.80. The molecule has 1 aliphatic carbocycles. The lowest BCUT2D eigenvalue weighted by molar-refractivity contribution is -0.141. The van der Waals surface area contributed by atoms with Gasteiger partial charge in [0.05, 0.1) is 11.8 Å². The lowest BCUT2D eigenvalue weighted by atomic mass is 10.1. The van der Waals surface area contributed by atoms with Crippen LogP contribution in [-0.2, 0) is 9.53 Å². The summed E-state index contributed by atoms with van der Waals surface area (Å²) in [6.07, 6.45) is 2.69. The van der Waals surface area contributed by atoms with Crippen molar-refractivity contribution < 1.29 is 9.53 Å². The molecule has 3 atom stereocenters. The number of carbonyl (C=O) groups excluding carboxylic acids is 1. The van der Waals surface area contributed by atoms with Crippen LogP contribution in [0.15, 0.2) is 0 Å². The van der Waals surface area contributed by atoms with Crippen LogP contribution < -0.4 is 0 Å². The second-order valence-corrected chi connectivity index (χ2v) is 3.57. The van der Waals surface area contributed by atoms with E-state index < -0.39 is 0 Å². The minimum absolute atomic E-state index is 0.0363. The fourth-order valence-electron chi connectivity index (χ4n) is 1.80. The van der Waals surface area contributed by atoms with Crippen LogP contribution in [0.2, 0.25) is 0 Å². The van der Waals surface area contributed by atoms with Gasteiger partial charge in [0.1, 0.15) is 6.10 Å². The van der Waals surface area contributed by atoms with Crippen molar-refractivity contribution in [3.8, 4) is 0 Å². The van der Waals surface area contributed by atoms with Crippen molar-refractivity contribution in [2.45, 2.75) is 30.7 Å². The lowest BCUT2D eigenvalue weighted by Crippen LogP contribution is -2.18. The van der Waals surface area contributed by atoms with Gasteiger partial charge in [0.25, 0.3) is 0 Å². The summed E-state index contributed by atoms with van der Waals surface area (Å²) < 4.78 is 5.03. The summed E-state index contributed by atoms with van der Waals surface area (Å²) in [4.78, 5) is 10.7. The SMILES string of the molecule is O=C1C[C@H]2CC[C@H](Cl)[C@H]2O1. The molecule has 2 aliphatic rings. The van der Waals surface area contributed by atoms with E-state index in [0.717, 1.165) is 12.8 Å². The number of fused-ring (bicyclic) bond motifs is 1. The highest BCUT2D eigenvalue weighted by Crippen LogP contribution is 2.39. The molecule has 0 amide bonds. The minimum Gasteiger partial charge on any atom is -0.460 e. The summed E-state index contributed by atoms with van der Waals surface area (Å²) in [7, 11) is 0. The zero-order valence-corrected chi connectivity index (χ0v) is 6.30. The molecular formula is C7H9ClO2. The molecule has 0 unspecified atom stereocenters. The Morgan fingerprint density at radius 1 is 1.50 bits per heavy atom. The predicted molar refractivity (Wildman–Crippen MR) is 36.9 cm³/mol. The second kappa shape index (κ2) is 2.12. The van der Waals surface area contributed by atoms with Crippen LogP contribution >= 0.6 is 11.6 Å². The minimum atomic E-state index is -0.0691. The zero-order valence-electron chi connectivity index (χ0n) is 5.55. The second-order valence-electron chi connectivity index (χ2n) is 3.01. The van der Waals surface area contributed by atoms with Crippen LogP contribution in [0.3, 0.4) is 0 Å². The van der Waals surface area contributed by atoms with Gasteiger partial charge in [-0.05, 0) is 12.8 Å². The first-order chi connectivity index (χ1) is 4.77. The smallest absolute Gasteiger partial charge is 0.306 e. The maximum absolute atomic E-state index is 10.7. The van der Waals surface area contributed by atoms with E-state index in [0.29, 0.717) is 12.3 Å². The molecule has 0 aromatic rings. The summed E-state index contributed by atoms with van der Waals surface area (Å²) in [6, 6.07) is 0. The quantitative estimate of drug-likeness (QED) is 0.395. The summed E-state index contributed by atoms with van der Waals surface area (Å²) >= 11 is 5.90. The molecule has 0 bridgehead atoms. The van der Waals surface area contributed by atoms with Gasteiger partial charge in [-0.15, -0.1) is 11.6 Å². The maximum atomic E-state index is 10.7. The van der Waals surface area contributed by atoms with E-state index in [1.165, 1.54) is 0 Å². The molecule has 56 valence electrons. The Bertz CT molecular complexity index is 169. The number of esters is 1. The molecule has 0 radical (unpaired) electrons. The molecular weight excluding hydrogens is 152 g/mol. The van der Waals surface area contributed by atoms with Crippen LogP contribution in [0.5, 0.6) is 0 Å². The molecule has 1 heterocycles. The van der Waals surface area contributed by atoms with Gasteiger partial charge in [0.2, 0.25) is 0 Å². The number of hydrogen-bond donors (Lipinski definition) is 0. The summed E-state index contributed by atoms with van der Waals surface area (Å²) in [6.45, 7) is 0. The first kappa shape index (κ1) is 6.47. The van der Waals surface area contributed by atoms with E-state index in [4.69, 9.17) is 16.3 Å². The van der Waals surface area contributed by atoms with Crippen molar-refractivity contribution in [2.75, 3.05) is 0 Å². The first-order valence-corrected chi connectivity index (χ1v) is 4.04. The summed E-state index contributed by atoms with van der Waals surface area (Å²) in [5.41, 5.74) is 0. The Hall–Kier alpha value is -0.240. The van der Waals surface area contributed by atoms with Gasteiger partial charge in [-0.3, -0.25) is 4.79 Å². The van der Waals surface area contributed by atoms with Crippen molar-refractivity contribution in [2.24, 2.45) is 5.92 Å². The standard InChI is InChI=1S/C7H9ClO2/c8-5-2-1-4-3-6(9)10-7(4)5/h4-5,7H,1-3H2/t4-,5+,7+/m1/s1. The highest BCUT2D eigenvalue weighted by atomic mass is 35.5. The molecule has 2 rings (SSSR count). The van der Waals surface area contributed by atoms with E-state index >= 15 is 0 Å². The molecule has 0 aromatic carbocycles. The van der Waals surface area contributed by atoms with E-state index in [2.05, 4.69) is 0 Å². The topological polar surface area (TPSA) is 26.3 Å². The van der Waals surface area contributed by atoms with Gasteiger partial charge in [0, 0.05) is 5.92 Å². The third-order valence-electron chi connectivity index (χ3n) is 2.33. The Balaban J connectivity index is 2.12. The number of halogens is 1. The Morgan fingerprint density at radius 2 is 2.30 bits per heavy atom. The molecule has 0 spiro atoms. The van der Waals surface area contributed by atoms with E-state index in [-0.39, 0.29) is 17.5 Å². The molecule has 2 nitrogen and oxygen atoms in total. The molecule has 0 aromatic heterocycles. The molecule has 1 saturated carbocycles. The molecule has 1 saturated heterocycles. The molecule has 3 heteroatoms. The Kier molecular flexibility index (Phi) is 1.37. The van der Waals surface area contributed by atoms with Gasteiger partial charge in [-0.25, -0.2) is 0 Å². The van der Waals surface area contributed by atoms with E-state index in [1.807, 2.05) is 0 Å². The number of carbonyl (C=O) groups is 1. The van der Waals surface area contributed by atoms with Gasteiger partial charge in [-0.2, -0.15) is 0 Å². The fourth-order valence-corrected chi connectivity index (χ4v) is 2.18. The number of ether oxygens (including phenoxy) is 1. The van der Waals surface area contributed by atoms with Gasteiger partial charge < -0.3 is 4.74 Å². The van der Waals surface area contributed by atoms with Crippen LogP contribution in [0.4, 0.5) is 0 Å². The van der Waals surface area contributed by atoms with Crippen LogP contribution in [-0.4, -0.2) is 17.5 Å². The highest BCUT2D eigenvalue weighted by molar-refractivity contribution is 6.21. The van der Waals surface area contributed by atoms with Crippen molar-refractivity contribution in [1.82, 2.24) is 0 Å². The van der Waals surface area contributed by atoms with E-state index in [1.54, 1.807) is 0 Å². The zero-order chi connectivity index (χ0) is 7.14. The average Bonchev–Trinajstić information content (AvgIpc) is 2.35. The van der Waals surface area contributed by atoms with Crippen molar-refractivity contribution in [3.63, 3.8) is 0 Å². The fraction of sp³-hybridized carbons (Fsp3) is 0.857. The first-order valence-electron chi connectivity index (χ1n) is 3.61. The number of hydrogen-bond acceptors (Lipinski definition) is 2. The third kappa shape index (κ3) is 0.823. The summed E-state index contributed by atoms with van der Waals surface area (Å²) in [5, 5.41) is 0.0800. The van der Waals surface area contributed by atoms with E-state index in [9.17, 15) is 4.79 Å². The number of rotatable bonds is 0. The normalized spacial score (nSPS) is 45.3. The monoisotopic (exact) mass is 160 g/mol. The van der Waals surface area contributed by atoms with Crippen LogP contribution in [0, 0.1) is 5.92 Å². The van der Waals surface area contributed by atoms with Crippen molar-refractivity contribution >= 4 is 17.6 Å². The lowest BCUT2D eigenvalue weighted by Gasteiger charge is -2.09. The Labute approximate surface area is 64.5 Å². The highest BCUT2D eigenvalue weighted by Gasteiger charge is 2.43. The van der Waals surface area contributed by atoms with Crippen molar-refractivity contribution in [3.05, 3.63) is 0 Å². The molecule has 1 aliphatic heterocycles. The van der Waals surface area contributed by atoms with Gasteiger partial charge in [0.15, 0.2) is 0 Å². The van der Waals surface area contributed by atoms with Crippen LogP contribution in [0.1, 0.15) is 19.3 Å². The predicted octanol–water partition coefficient (Wildman–Crippen LogP) is 1.32. The molecule has 10 heavy (non-hydrogen) atoms. The Morgan fingerprint density at radius 3 is 3.00 bits per heavy atom. The maximum Gasteiger partial charge on any atom is 0.306 e. The molecule has 0 N–H and O–H groups in total. The summed E-state index contributed by atoms with van der Waals surface area (Å²) in [5.74, 6) is 0.357. The van der Waals surface area contributed by atoms with Crippen LogP contribution in [0.25, 0.3) is 0 Å². The number of alkyl halides is 1.